The molecule has 0 aliphatic carbocycles. The first-order valence-electron chi connectivity index (χ1n) is 12.2. The van der Waals surface area contributed by atoms with E-state index in [1.807, 2.05) is 18.2 Å². The second kappa shape index (κ2) is 10.8. The number of nitrogens with two attached hydrogens (primary N) is 1. The Balaban J connectivity index is 1.75. The normalized spacial score (nSPS) is 25.4. The zero-order chi connectivity index (χ0) is 25.1. The number of hydrogen-bond donors (Lipinski definition) is 4. The summed E-state index contributed by atoms with van der Waals surface area (Å²) in [6.45, 7) is 9.09. The summed E-state index contributed by atoms with van der Waals surface area (Å²) in [5, 5.41) is 14.5. The molecule has 1 aliphatic heterocycles. The Morgan fingerprint density at radius 1 is 1.21 bits per heavy atom. The fraction of sp³-hybridized carbons (Fsp3) is 0.556. The second-order valence-corrected chi connectivity index (χ2v) is 13.1. The summed E-state index contributed by atoms with van der Waals surface area (Å²) in [5.74, 6) is -0.614. The summed E-state index contributed by atoms with van der Waals surface area (Å²) < 4.78 is 35.7. The minimum Gasteiger partial charge on any atom is -0.396 e. The minimum absolute atomic E-state index is 0.0330. The lowest BCUT2D eigenvalue weighted by atomic mass is 9.86. The number of unbranched alkanes of at least 4 members (excludes halogenated alkanes) is 1. The highest BCUT2D eigenvalue weighted by Gasteiger charge is 2.37. The van der Waals surface area contributed by atoms with Crippen LogP contribution >= 0.6 is 0 Å². The van der Waals surface area contributed by atoms with Gasteiger partial charge in [-0.05, 0) is 53.0 Å². The molecule has 7 heteroatoms. The molecule has 0 bridgehead atoms. The lowest BCUT2D eigenvalue weighted by molar-refractivity contribution is 0.0789. The first-order valence-corrected chi connectivity index (χ1v) is 14.1. The van der Waals surface area contributed by atoms with Gasteiger partial charge in [-0.25, -0.2) is 8.60 Å². The van der Waals surface area contributed by atoms with Crippen molar-refractivity contribution in [2.45, 2.75) is 77.5 Å². The number of benzene rings is 2. The molecule has 5 N–H and O–H groups in total. The van der Waals surface area contributed by atoms with E-state index >= 15 is 0 Å². The molecule has 188 valence electrons. The number of aliphatic hydroxyl groups is 1. The zero-order valence-corrected chi connectivity index (χ0v) is 21.7. The maximum Gasteiger partial charge on any atom is 0.146 e. The van der Waals surface area contributed by atoms with E-state index in [0.29, 0.717) is 19.4 Å². The van der Waals surface area contributed by atoms with Gasteiger partial charge in [0.15, 0.2) is 0 Å². The zero-order valence-electron chi connectivity index (χ0n) is 20.9. The van der Waals surface area contributed by atoms with Crippen LogP contribution in [0.3, 0.4) is 0 Å². The molecule has 3 rings (SSSR count). The summed E-state index contributed by atoms with van der Waals surface area (Å²) in [7, 11) is -2.85. The highest BCUT2D eigenvalue weighted by Crippen LogP contribution is 2.28. The lowest BCUT2D eigenvalue weighted by Gasteiger charge is -2.36. The Bertz CT molecular complexity index is 1100. The smallest absolute Gasteiger partial charge is 0.146 e. The van der Waals surface area contributed by atoms with Gasteiger partial charge < -0.3 is 16.2 Å². The molecule has 4 atom stereocenters. The fourth-order valence-corrected chi connectivity index (χ4v) is 6.76. The molecule has 1 aliphatic rings. The molecular weight excluding hydrogens is 449 g/mol. The van der Waals surface area contributed by atoms with Gasteiger partial charge >= 0.3 is 0 Å². The third-order valence-electron chi connectivity index (χ3n) is 6.76. The van der Waals surface area contributed by atoms with Crippen molar-refractivity contribution in [1.29, 1.82) is 4.78 Å². The van der Waals surface area contributed by atoms with Crippen molar-refractivity contribution in [2.75, 3.05) is 17.2 Å². The van der Waals surface area contributed by atoms with Crippen molar-refractivity contribution in [3.8, 4) is 0 Å². The predicted octanol–water partition coefficient (Wildman–Crippen LogP) is 4.79. The molecule has 0 saturated carbocycles. The Morgan fingerprint density at radius 2 is 1.94 bits per heavy atom. The molecule has 2 aromatic rings. The van der Waals surface area contributed by atoms with E-state index in [2.05, 4.69) is 45.1 Å². The van der Waals surface area contributed by atoms with E-state index in [1.54, 1.807) is 0 Å². The summed E-state index contributed by atoms with van der Waals surface area (Å²) >= 11 is 0. The van der Waals surface area contributed by atoms with Crippen molar-refractivity contribution in [3.05, 3.63) is 64.5 Å². The molecule has 1 fully saturated rings. The van der Waals surface area contributed by atoms with Gasteiger partial charge in [0.2, 0.25) is 0 Å². The number of aryl methyl sites for hydroxylation is 1. The highest BCUT2D eigenvalue weighted by molar-refractivity contribution is 7.92. The van der Waals surface area contributed by atoms with Crippen molar-refractivity contribution in [3.63, 3.8) is 0 Å². The third-order valence-corrected chi connectivity index (χ3v) is 8.63. The van der Waals surface area contributed by atoms with Crippen molar-refractivity contribution in [2.24, 2.45) is 5.92 Å². The molecule has 0 spiro atoms. The van der Waals surface area contributed by atoms with Crippen LogP contribution in [0.15, 0.2) is 36.4 Å². The summed E-state index contributed by atoms with van der Waals surface area (Å²) in [6, 6.07) is 11.2. The average Bonchev–Trinajstić information content (AvgIpc) is 2.75. The van der Waals surface area contributed by atoms with Crippen molar-refractivity contribution >= 4 is 15.4 Å². The van der Waals surface area contributed by atoms with Crippen LogP contribution in [0.25, 0.3) is 0 Å². The molecule has 34 heavy (non-hydrogen) atoms. The van der Waals surface area contributed by atoms with Crippen molar-refractivity contribution in [1.82, 2.24) is 5.32 Å². The van der Waals surface area contributed by atoms with E-state index in [4.69, 9.17) is 10.5 Å². The highest BCUT2D eigenvalue weighted by atomic mass is 32.2. The molecule has 1 unspecified atom stereocenters. The minimum atomic E-state index is -2.85. The Labute approximate surface area is 204 Å². The monoisotopic (exact) mass is 489 g/mol. The number of hydrogen-bond acceptors (Lipinski definition) is 5. The first-order chi connectivity index (χ1) is 15.9. The van der Waals surface area contributed by atoms with E-state index < -0.39 is 27.7 Å². The maximum atomic E-state index is 14.5. The van der Waals surface area contributed by atoms with Crippen molar-refractivity contribution < 1.29 is 13.7 Å². The standard InChI is InChI=1S/C27H40FN3O2S/c1-5-6-9-20-11-19(14-23(28)25(20)29)12-21-16-34(30,33)17-24(26(21)32)31-15-18-8-7-10-22(13-18)27(2,3)4/h7-8,10-11,13-14,21,24,26,30-32H,5-6,9,12,15-17,29H2,1-4H3/t21-,24+,26+,34?/m1/s1. The van der Waals surface area contributed by atoms with Gasteiger partial charge in [-0.2, -0.15) is 0 Å². The van der Waals surface area contributed by atoms with Gasteiger partial charge in [0, 0.05) is 39.7 Å². The number of nitrogens with one attached hydrogen (secondary N) is 2. The van der Waals surface area contributed by atoms with E-state index in [9.17, 15) is 13.7 Å². The van der Waals surface area contributed by atoms with Crippen LogP contribution in [0.2, 0.25) is 0 Å². The van der Waals surface area contributed by atoms with E-state index in [1.165, 1.54) is 11.6 Å². The van der Waals surface area contributed by atoms with Crippen LogP contribution in [-0.2, 0) is 34.5 Å². The predicted molar refractivity (Wildman–Crippen MR) is 139 cm³/mol. The summed E-state index contributed by atoms with van der Waals surface area (Å²) in [4.78, 5) is 0. The molecule has 1 saturated heterocycles. The Hall–Kier alpha value is -1.96. The van der Waals surface area contributed by atoms with Crippen LogP contribution in [0, 0.1) is 16.5 Å². The number of anilines is 1. The number of halogens is 1. The first kappa shape index (κ1) is 26.6. The van der Waals surface area contributed by atoms with E-state index in [0.717, 1.165) is 29.5 Å². The van der Waals surface area contributed by atoms with Crippen LogP contribution in [-0.4, -0.2) is 33.0 Å². The number of aliphatic hydroxyl groups excluding tert-OH is 1. The second-order valence-electron chi connectivity index (χ2n) is 10.8. The lowest BCUT2D eigenvalue weighted by Crippen LogP contribution is -2.54. The van der Waals surface area contributed by atoms with Gasteiger partial charge in [-0.15, -0.1) is 0 Å². The van der Waals surface area contributed by atoms with Gasteiger partial charge in [0.05, 0.1) is 11.8 Å². The van der Waals surface area contributed by atoms with Crippen LogP contribution in [0.1, 0.15) is 62.8 Å². The van der Waals surface area contributed by atoms with Crippen LogP contribution < -0.4 is 11.1 Å². The Kier molecular flexibility index (Phi) is 8.43. The molecule has 2 aromatic carbocycles. The molecular formula is C27H40FN3O2S. The quantitative estimate of drug-likeness (QED) is 0.401. The summed E-state index contributed by atoms with van der Waals surface area (Å²) in [6.07, 6.45) is 2.20. The molecule has 1 heterocycles. The van der Waals surface area contributed by atoms with Crippen LogP contribution in [0.5, 0.6) is 0 Å². The SMILES string of the molecule is CCCCc1cc(C[C@@H]2CS(=N)(=O)C[C@H](NCc3cccc(C(C)(C)C)c3)[C@H]2O)cc(F)c1N. The third kappa shape index (κ3) is 6.80. The van der Waals surface area contributed by atoms with Crippen LogP contribution in [0.4, 0.5) is 10.1 Å². The molecule has 0 aromatic heterocycles. The number of rotatable bonds is 8. The van der Waals surface area contributed by atoms with Gasteiger partial charge in [-0.1, -0.05) is 64.4 Å². The van der Waals surface area contributed by atoms with E-state index in [-0.39, 0.29) is 28.5 Å². The van der Waals surface area contributed by atoms with Gasteiger partial charge in [0.25, 0.3) is 0 Å². The Morgan fingerprint density at radius 3 is 2.62 bits per heavy atom. The molecule has 5 nitrogen and oxygen atoms in total. The summed E-state index contributed by atoms with van der Waals surface area (Å²) in [5.41, 5.74) is 9.97. The average molecular weight is 490 g/mol. The largest absolute Gasteiger partial charge is 0.396 e. The maximum absolute atomic E-state index is 14.5. The molecule has 0 amide bonds. The fourth-order valence-electron chi connectivity index (χ4n) is 4.72. The van der Waals surface area contributed by atoms with Gasteiger partial charge in [-0.3, -0.25) is 4.78 Å². The van der Waals surface area contributed by atoms with Gasteiger partial charge in [0.1, 0.15) is 5.82 Å². The molecule has 0 radical (unpaired) electrons. The number of nitrogen functional groups attached to an aromatic ring is 1. The topological polar surface area (TPSA) is 99.2 Å².